The average Bonchev–Trinajstić information content (AvgIpc) is 3.22. The van der Waals surface area contributed by atoms with Crippen LogP contribution in [0.25, 0.3) is 0 Å². The number of methoxy groups -OCH3 is 1. The quantitative estimate of drug-likeness (QED) is 0.669. The van der Waals surface area contributed by atoms with Gasteiger partial charge in [-0.05, 0) is 55.6 Å². The van der Waals surface area contributed by atoms with Gasteiger partial charge in [-0.1, -0.05) is 19.9 Å². The zero-order valence-electron chi connectivity index (χ0n) is 17.3. The average molecular weight is 395 g/mol. The van der Waals surface area contributed by atoms with Crippen LogP contribution in [0.15, 0.2) is 24.1 Å². The Morgan fingerprint density at radius 3 is 2.89 bits per heavy atom. The molecule has 6 heteroatoms. The molecule has 0 aromatic heterocycles. The van der Waals surface area contributed by atoms with Crippen molar-refractivity contribution in [3.63, 3.8) is 0 Å². The van der Waals surface area contributed by atoms with Gasteiger partial charge in [-0.25, -0.2) is 9.40 Å². The van der Waals surface area contributed by atoms with Crippen molar-refractivity contribution in [2.75, 3.05) is 20.3 Å². The zero-order valence-corrected chi connectivity index (χ0v) is 17.3. The molecule has 158 valence electrons. The number of aliphatic hydroxyl groups is 2. The molecule has 3 aliphatic carbocycles. The van der Waals surface area contributed by atoms with E-state index >= 15 is 0 Å². The van der Waals surface area contributed by atoms with E-state index in [0.29, 0.717) is 36.6 Å². The largest absolute Gasteiger partial charge is 0.394 e. The number of nitrogens with one attached hydrogen (secondary N) is 1. The first kappa shape index (κ1) is 20.5. The van der Waals surface area contributed by atoms with E-state index in [0.717, 1.165) is 25.8 Å². The number of nitrogens with zero attached hydrogens (tertiary/aromatic N) is 1. The van der Waals surface area contributed by atoms with Gasteiger partial charge in [0.1, 0.15) is 5.83 Å². The Hall–Kier alpha value is -0.790. The molecule has 0 radical (unpaired) electrons. The highest BCUT2D eigenvalue weighted by Gasteiger charge is 2.65. The van der Waals surface area contributed by atoms with E-state index in [1.54, 1.807) is 19.3 Å². The summed E-state index contributed by atoms with van der Waals surface area (Å²) in [7, 11) is 1.77. The van der Waals surface area contributed by atoms with Crippen LogP contribution in [0.5, 0.6) is 0 Å². The summed E-state index contributed by atoms with van der Waals surface area (Å²) in [4.78, 5) is 0. The number of rotatable bonds is 5. The number of ether oxygens (including phenoxy) is 1. The van der Waals surface area contributed by atoms with E-state index in [2.05, 4.69) is 24.3 Å². The monoisotopic (exact) mass is 394 g/mol. The zero-order chi connectivity index (χ0) is 20.1. The second kappa shape index (κ2) is 7.47. The molecule has 4 rings (SSSR count). The molecule has 8 atom stereocenters. The summed E-state index contributed by atoms with van der Waals surface area (Å²) in [5, 5.41) is 22.0. The highest BCUT2D eigenvalue weighted by molar-refractivity contribution is 5.21. The Balaban J connectivity index is 1.58. The van der Waals surface area contributed by atoms with Gasteiger partial charge in [0.15, 0.2) is 0 Å². The van der Waals surface area contributed by atoms with Gasteiger partial charge in [0.2, 0.25) is 0 Å². The molecular formula is C22H35FN2O3. The van der Waals surface area contributed by atoms with E-state index in [4.69, 9.17) is 4.74 Å². The molecular weight excluding hydrogens is 359 g/mol. The van der Waals surface area contributed by atoms with Gasteiger partial charge in [0, 0.05) is 37.6 Å². The van der Waals surface area contributed by atoms with Gasteiger partial charge in [-0.3, -0.25) is 5.43 Å². The van der Waals surface area contributed by atoms with E-state index in [1.807, 2.05) is 6.08 Å². The van der Waals surface area contributed by atoms with Crippen molar-refractivity contribution in [1.82, 2.24) is 10.4 Å². The van der Waals surface area contributed by atoms with Crippen LogP contribution in [0, 0.1) is 23.2 Å². The minimum absolute atomic E-state index is 0.0232. The predicted octanol–water partition coefficient (Wildman–Crippen LogP) is 2.56. The molecule has 0 amide bonds. The number of allylic oxidation sites excluding steroid dienone is 2. The molecule has 4 aliphatic rings. The first-order chi connectivity index (χ1) is 13.3. The molecule has 6 unspecified atom stereocenters. The van der Waals surface area contributed by atoms with Gasteiger partial charge < -0.3 is 14.9 Å². The predicted molar refractivity (Wildman–Crippen MR) is 106 cm³/mol. The SMILES string of the molecule is CO[C@@]1(CC(O)CO)CCC2C(C)C3C(CNN3C3C=CC(F)=CC3)C[C@@]21C. The first-order valence-electron chi connectivity index (χ1n) is 10.7. The van der Waals surface area contributed by atoms with E-state index in [9.17, 15) is 14.6 Å². The summed E-state index contributed by atoms with van der Waals surface area (Å²) >= 11 is 0. The van der Waals surface area contributed by atoms with Crippen LogP contribution in [0.1, 0.15) is 46.0 Å². The number of halogens is 1. The summed E-state index contributed by atoms with van der Waals surface area (Å²) in [6, 6.07) is 0.629. The van der Waals surface area contributed by atoms with Crippen molar-refractivity contribution >= 4 is 0 Å². The topological polar surface area (TPSA) is 65.0 Å². The van der Waals surface area contributed by atoms with Crippen molar-refractivity contribution in [2.24, 2.45) is 23.2 Å². The fourth-order valence-corrected chi connectivity index (χ4v) is 7.17. The Kier molecular flexibility index (Phi) is 5.47. The van der Waals surface area contributed by atoms with Crippen molar-refractivity contribution in [3.05, 3.63) is 24.1 Å². The van der Waals surface area contributed by atoms with Gasteiger partial charge >= 0.3 is 0 Å². The van der Waals surface area contributed by atoms with Crippen LogP contribution in [-0.4, -0.2) is 59.3 Å². The number of aliphatic hydroxyl groups excluding tert-OH is 2. The van der Waals surface area contributed by atoms with Crippen LogP contribution in [0.3, 0.4) is 0 Å². The van der Waals surface area contributed by atoms with Crippen LogP contribution >= 0.6 is 0 Å². The molecule has 3 fully saturated rings. The third-order valence-electron chi connectivity index (χ3n) is 8.47. The lowest BCUT2D eigenvalue weighted by atomic mass is 9.55. The fraction of sp³-hybridized carbons (Fsp3) is 0.818. The lowest BCUT2D eigenvalue weighted by Gasteiger charge is -2.55. The highest BCUT2D eigenvalue weighted by atomic mass is 19.1. The number of hydrogen-bond acceptors (Lipinski definition) is 5. The molecule has 0 spiro atoms. The normalized spacial score (nSPS) is 46.9. The molecule has 1 aliphatic heterocycles. The van der Waals surface area contributed by atoms with Crippen molar-refractivity contribution in [2.45, 2.75) is 69.7 Å². The minimum Gasteiger partial charge on any atom is -0.394 e. The molecule has 28 heavy (non-hydrogen) atoms. The maximum atomic E-state index is 13.4. The fourth-order valence-electron chi connectivity index (χ4n) is 7.17. The molecule has 0 bridgehead atoms. The maximum absolute atomic E-state index is 13.4. The van der Waals surface area contributed by atoms with E-state index in [-0.39, 0.29) is 29.5 Å². The summed E-state index contributed by atoms with van der Waals surface area (Å²) in [5.74, 6) is 1.34. The van der Waals surface area contributed by atoms with Crippen LogP contribution < -0.4 is 5.43 Å². The molecule has 3 N–H and O–H groups in total. The van der Waals surface area contributed by atoms with Gasteiger partial charge in [-0.15, -0.1) is 0 Å². The first-order valence-corrected chi connectivity index (χ1v) is 10.7. The molecule has 0 aromatic rings. The lowest BCUT2D eigenvalue weighted by molar-refractivity contribution is -0.157. The highest BCUT2D eigenvalue weighted by Crippen LogP contribution is 2.64. The summed E-state index contributed by atoms with van der Waals surface area (Å²) < 4.78 is 19.6. The summed E-state index contributed by atoms with van der Waals surface area (Å²) in [6.07, 6.45) is 8.76. The summed E-state index contributed by atoms with van der Waals surface area (Å²) in [5.41, 5.74) is 3.21. The van der Waals surface area contributed by atoms with Gasteiger partial charge in [-0.2, -0.15) is 0 Å². The Labute approximate surface area is 167 Å². The lowest BCUT2D eigenvalue weighted by Crippen LogP contribution is -2.58. The molecule has 2 saturated carbocycles. The Morgan fingerprint density at radius 1 is 1.46 bits per heavy atom. The number of fused-ring (bicyclic) bond motifs is 2. The molecule has 0 aromatic carbocycles. The maximum Gasteiger partial charge on any atom is 0.119 e. The minimum atomic E-state index is -0.740. The van der Waals surface area contributed by atoms with E-state index < -0.39 is 6.10 Å². The summed E-state index contributed by atoms with van der Waals surface area (Å²) in [6.45, 7) is 5.40. The van der Waals surface area contributed by atoms with E-state index in [1.165, 1.54) is 0 Å². The Morgan fingerprint density at radius 2 is 2.25 bits per heavy atom. The van der Waals surface area contributed by atoms with Gasteiger partial charge in [0.05, 0.1) is 18.3 Å². The Bertz CT molecular complexity index is 656. The van der Waals surface area contributed by atoms with Crippen LogP contribution in [-0.2, 0) is 4.74 Å². The standard InChI is InChI=1S/C22H35FN2O3/c1-14-19-8-9-22(28-3,11-18(27)13-26)21(19,2)10-15-12-24-25(20(14)15)17-6-4-16(23)5-7-17/h4-6,14-15,17-20,24,26-27H,7-13H2,1-3H3/t14?,15?,17?,18?,19?,20?,21-,22+/m0/s1. The second-order valence-electron chi connectivity index (χ2n) is 9.64. The van der Waals surface area contributed by atoms with Crippen LogP contribution in [0.2, 0.25) is 0 Å². The van der Waals surface area contributed by atoms with Crippen molar-refractivity contribution < 1.29 is 19.3 Å². The third-order valence-corrected chi connectivity index (χ3v) is 8.47. The second-order valence-corrected chi connectivity index (χ2v) is 9.64. The molecule has 1 saturated heterocycles. The van der Waals surface area contributed by atoms with Crippen LogP contribution in [0.4, 0.5) is 4.39 Å². The molecule has 5 nitrogen and oxygen atoms in total. The smallest absolute Gasteiger partial charge is 0.119 e. The van der Waals surface area contributed by atoms with Crippen molar-refractivity contribution in [1.29, 1.82) is 0 Å². The number of hydrogen-bond donors (Lipinski definition) is 3. The van der Waals surface area contributed by atoms with Crippen molar-refractivity contribution in [3.8, 4) is 0 Å². The molecule has 1 heterocycles. The third kappa shape index (κ3) is 3.00. The van der Waals surface area contributed by atoms with Gasteiger partial charge in [0.25, 0.3) is 0 Å². The number of hydrazine groups is 1.